The van der Waals surface area contributed by atoms with Gasteiger partial charge in [0, 0.05) is 0 Å². The van der Waals surface area contributed by atoms with Crippen molar-refractivity contribution < 1.29 is 0 Å². The lowest BCUT2D eigenvalue weighted by molar-refractivity contribution is 0.720. The van der Waals surface area contributed by atoms with Crippen molar-refractivity contribution in [2.45, 2.75) is 13.8 Å². The van der Waals surface area contributed by atoms with Gasteiger partial charge in [-0.15, -0.1) is 0 Å². The molecule has 0 saturated heterocycles. The van der Waals surface area contributed by atoms with Crippen molar-refractivity contribution in [3.05, 3.63) is 62.3 Å². The number of hydrogen-bond donors (Lipinski definition) is 1. The van der Waals surface area contributed by atoms with E-state index in [1.54, 1.807) is 13.1 Å². The zero-order chi connectivity index (χ0) is 14.5. The minimum absolute atomic E-state index is 0.171. The average Bonchev–Trinajstić information content (AvgIpc) is 2.44. The molecule has 0 radical (unpaired) electrons. The first-order valence-corrected chi connectivity index (χ1v) is 6.45. The second-order valence-corrected chi connectivity index (χ2v) is 4.66. The van der Waals surface area contributed by atoms with Crippen molar-refractivity contribution in [2.24, 2.45) is 5.10 Å². The van der Waals surface area contributed by atoms with Crippen LogP contribution in [0.5, 0.6) is 0 Å². The molecule has 1 N–H and O–H groups in total. The lowest BCUT2D eigenvalue weighted by atomic mass is 10.1. The van der Waals surface area contributed by atoms with E-state index in [0.29, 0.717) is 5.69 Å². The third-order valence-corrected chi connectivity index (χ3v) is 2.85. The molecule has 2 rings (SSSR count). The molecule has 0 aliphatic carbocycles. The van der Waals surface area contributed by atoms with E-state index in [2.05, 4.69) is 15.3 Å². The summed E-state index contributed by atoms with van der Waals surface area (Å²) >= 11 is 4.99. The third-order valence-electron chi connectivity index (χ3n) is 2.58. The van der Waals surface area contributed by atoms with E-state index >= 15 is 0 Å². The maximum atomic E-state index is 11.8. The van der Waals surface area contributed by atoms with Crippen molar-refractivity contribution in [1.29, 1.82) is 0 Å². The largest absolute Gasteiger partial charge is 0.296 e. The van der Waals surface area contributed by atoms with Gasteiger partial charge in [-0.3, -0.25) is 9.89 Å². The van der Waals surface area contributed by atoms with Crippen LogP contribution < -0.4 is 5.56 Å². The van der Waals surface area contributed by atoms with E-state index < -0.39 is 0 Å². The quantitative estimate of drug-likeness (QED) is 0.696. The Morgan fingerprint density at radius 3 is 2.80 bits per heavy atom. The van der Waals surface area contributed by atoms with Crippen LogP contribution in [0.3, 0.4) is 0 Å². The Bertz CT molecular complexity index is 772. The van der Waals surface area contributed by atoms with Crippen LogP contribution in [0, 0.1) is 11.7 Å². The van der Waals surface area contributed by atoms with Crippen LogP contribution in [0.2, 0.25) is 0 Å². The van der Waals surface area contributed by atoms with Gasteiger partial charge in [0.2, 0.25) is 4.77 Å². The molecule has 1 aromatic heterocycles. The standard InChI is InChI=1S/C14H14N4OS/c1-10(8-12-6-4-3-5-7-12)9-15-18-13(19)11(2)16-17-14(18)20/h3-9H,1-2H3,(H,17,20). The summed E-state index contributed by atoms with van der Waals surface area (Å²) < 4.78 is 1.30. The fourth-order valence-corrected chi connectivity index (χ4v) is 1.75. The Labute approximate surface area is 121 Å². The first kappa shape index (κ1) is 14.1. The molecule has 0 spiro atoms. The van der Waals surface area contributed by atoms with E-state index in [1.165, 1.54) is 0 Å². The highest BCUT2D eigenvalue weighted by Crippen LogP contribution is 2.04. The number of rotatable bonds is 3. The van der Waals surface area contributed by atoms with E-state index in [9.17, 15) is 4.79 Å². The van der Waals surface area contributed by atoms with Gasteiger partial charge < -0.3 is 0 Å². The van der Waals surface area contributed by atoms with Gasteiger partial charge in [0.25, 0.3) is 5.56 Å². The highest BCUT2D eigenvalue weighted by Gasteiger charge is 2.00. The summed E-state index contributed by atoms with van der Waals surface area (Å²) in [6, 6.07) is 9.87. The van der Waals surface area contributed by atoms with Gasteiger partial charge in [-0.25, -0.2) is 0 Å². The van der Waals surface area contributed by atoms with Crippen LogP contribution in [0.1, 0.15) is 18.2 Å². The second-order valence-electron chi connectivity index (χ2n) is 4.27. The minimum Gasteiger partial charge on any atom is -0.265 e. The van der Waals surface area contributed by atoms with E-state index in [4.69, 9.17) is 12.2 Å². The molecule has 0 saturated carbocycles. The number of aromatic nitrogens is 3. The van der Waals surface area contributed by atoms with Gasteiger partial charge >= 0.3 is 0 Å². The first-order valence-electron chi connectivity index (χ1n) is 6.04. The topological polar surface area (TPSA) is 63.0 Å². The summed E-state index contributed by atoms with van der Waals surface area (Å²) in [6.07, 6.45) is 3.56. The van der Waals surface area contributed by atoms with Gasteiger partial charge in [-0.1, -0.05) is 36.4 Å². The van der Waals surface area contributed by atoms with Crippen molar-refractivity contribution in [3.63, 3.8) is 0 Å². The molecule has 2 aromatic rings. The van der Waals surface area contributed by atoms with Gasteiger partial charge in [-0.05, 0) is 37.2 Å². The Balaban J connectivity index is 2.31. The molecule has 0 atom stereocenters. The number of nitrogens with one attached hydrogen (secondary N) is 1. The molecule has 0 aliphatic rings. The number of benzene rings is 1. The van der Waals surface area contributed by atoms with E-state index in [0.717, 1.165) is 15.8 Å². The smallest absolute Gasteiger partial charge is 0.265 e. The van der Waals surface area contributed by atoms with Crippen molar-refractivity contribution in [3.8, 4) is 0 Å². The van der Waals surface area contributed by atoms with Crippen LogP contribution in [-0.4, -0.2) is 21.1 Å². The van der Waals surface area contributed by atoms with E-state index in [-0.39, 0.29) is 10.3 Å². The summed E-state index contributed by atoms with van der Waals surface area (Å²) in [5.41, 5.74) is 1.98. The summed E-state index contributed by atoms with van der Waals surface area (Å²) in [4.78, 5) is 11.8. The highest BCUT2D eigenvalue weighted by atomic mass is 32.1. The molecule has 102 valence electrons. The maximum absolute atomic E-state index is 11.8. The molecule has 5 nitrogen and oxygen atoms in total. The molecular formula is C14H14N4OS. The summed E-state index contributed by atoms with van der Waals surface area (Å²) in [6.45, 7) is 3.51. The first-order chi connectivity index (χ1) is 9.58. The van der Waals surface area contributed by atoms with Crippen molar-refractivity contribution >= 4 is 24.5 Å². The van der Waals surface area contributed by atoms with E-state index in [1.807, 2.05) is 43.3 Å². The third kappa shape index (κ3) is 3.36. The summed E-state index contributed by atoms with van der Waals surface area (Å²) in [5, 5.41) is 10.5. The molecular weight excluding hydrogens is 272 g/mol. The fraction of sp³-hybridized carbons (Fsp3) is 0.143. The lowest BCUT2D eigenvalue weighted by Crippen LogP contribution is -2.22. The van der Waals surface area contributed by atoms with Gasteiger partial charge in [0.15, 0.2) is 0 Å². The van der Waals surface area contributed by atoms with Crippen LogP contribution in [0.4, 0.5) is 0 Å². The number of H-pyrrole nitrogens is 1. The summed E-state index contributed by atoms with van der Waals surface area (Å²) in [5.74, 6) is 0. The molecule has 1 aromatic carbocycles. The van der Waals surface area contributed by atoms with Crippen LogP contribution >= 0.6 is 12.2 Å². The van der Waals surface area contributed by atoms with Gasteiger partial charge in [0.05, 0.1) is 6.21 Å². The second kappa shape index (κ2) is 6.21. The monoisotopic (exact) mass is 286 g/mol. The minimum atomic E-state index is -0.322. The van der Waals surface area contributed by atoms with Crippen molar-refractivity contribution in [1.82, 2.24) is 14.9 Å². The molecule has 0 fully saturated rings. The van der Waals surface area contributed by atoms with Gasteiger partial charge in [-0.2, -0.15) is 14.9 Å². The van der Waals surface area contributed by atoms with Gasteiger partial charge in [0.1, 0.15) is 5.69 Å². The summed E-state index contributed by atoms with van der Waals surface area (Å²) in [7, 11) is 0. The van der Waals surface area contributed by atoms with Crippen LogP contribution in [0.25, 0.3) is 6.08 Å². The number of nitrogens with zero attached hydrogens (tertiary/aromatic N) is 3. The molecule has 0 aliphatic heterocycles. The Morgan fingerprint density at radius 2 is 2.10 bits per heavy atom. The van der Waals surface area contributed by atoms with Crippen LogP contribution in [-0.2, 0) is 0 Å². The zero-order valence-electron chi connectivity index (χ0n) is 11.2. The molecule has 0 bridgehead atoms. The molecule has 0 amide bonds. The van der Waals surface area contributed by atoms with Crippen LogP contribution in [0.15, 0.2) is 45.8 Å². The molecule has 0 unspecified atom stereocenters. The molecule has 1 heterocycles. The SMILES string of the molecule is CC(C=Nn1c(=S)[nH]nc(C)c1=O)=Cc1ccccc1. The highest BCUT2D eigenvalue weighted by molar-refractivity contribution is 7.71. The number of aryl methyl sites for hydroxylation is 1. The number of aromatic amines is 1. The average molecular weight is 286 g/mol. The normalized spacial score (nSPS) is 12.0. The Morgan fingerprint density at radius 1 is 1.40 bits per heavy atom. The Hall–Kier alpha value is -2.34. The predicted molar refractivity (Wildman–Crippen MR) is 82.4 cm³/mol. The zero-order valence-corrected chi connectivity index (χ0v) is 12.0. The predicted octanol–water partition coefficient (Wildman–Crippen LogP) is 2.55. The number of allylic oxidation sites excluding steroid dienone is 1. The molecule has 20 heavy (non-hydrogen) atoms. The number of hydrogen-bond acceptors (Lipinski definition) is 4. The maximum Gasteiger partial charge on any atom is 0.296 e. The fourth-order valence-electron chi connectivity index (χ4n) is 1.58. The van der Waals surface area contributed by atoms with Crippen molar-refractivity contribution in [2.75, 3.05) is 0 Å². The Kier molecular flexibility index (Phi) is 4.37. The lowest BCUT2D eigenvalue weighted by Gasteiger charge is -1.99. The molecule has 6 heteroatoms.